The molecule has 2 atom stereocenters. The first-order valence-corrected chi connectivity index (χ1v) is 10.6. The molecule has 1 saturated heterocycles. The van der Waals surface area contributed by atoms with Gasteiger partial charge in [-0.25, -0.2) is 9.59 Å². The molecule has 0 aromatic heterocycles. The summed E-state index contributed by atoms with van der Waals surface area (Å²) in [6.45, 7) is 9.45. The van der Waals surface area contributed by atoms with Crippen molar-refractivity contribution in [3.8, 4) is 5.75 Å². The summed E-state index contributed by atoms with van der Waals surface area (Å²) in [6.07, 6.45) is 7.50. The van der Waals surface area contributed by atoms with Crippen molar-refractivity contribution in [2.45, 2.75) is 71.6 Å². The van der Waals surface area contributed by atoms with Crippen LogP contribution in [0.1, 0.15) is 59.4 Å². The van der Waals surface area contributed by atoms with Gasteiger partial charge in [0.1, 0.15) is 23.5 Å². The lowest BCUT2D eigenvalue weighted by molar-refractivity contribution is -0.142. The second-order valence-corrected chi connectivity index (χ2v) is 8.15. The molecule has 1 aromatic rings. The smallest absolute Gasteiger partial charge is 0.411 e. The molecule has 1 fully saturated rings. The molecule has 2 aliphatic rings. The zero-order chi connectivity index (χ0) is 22.3. The van der Waals surface area contributed by atoms with Gasteiger partial charge in [-0.15, -0.1) is 0 Å². The topological polar surface area (TPSA) is 76.1 Å². The van der Waals surface area contributed by atoms with E-state index in [-0.39, 0.29) is 13.0 Å². The molecular formula is C24H33NO5. The molecule has 1 aliphatic carbocycles. The zero-order valence-corrected chi connectivity index (χ0v) is 18.6. The van der Waals surface area contributed by atoms with Crippen LogP contribution in [0.5, 0.6) is 5.75 Å². The van der Waals surface area contributed by atoms with E-state index in [4.69, 9.17) is 9.47 Å². The van der Waals surface area contributed by atoms with Gasteiger partial charge in [-0.2, -0.15) is 0 Å². The van der Waals surface area contributed by atoms with E-state index >= 15 is 0 Å². The van der Waals surface area contributed by atoms with Gasteiger partial charge < -0.3 is 14.6 Å². The maximum absolute atomic E-state index is 12.4. The molecule has 164 valence electrons. The van der Waals surface area contributed by atoms with Crippen LogP contribution in [0.4, 0.5) is 4.79 Å². The van der Waals surface area contributed by atoms with Crippen LogP contribution in [0.25, 0.3) is 5.57 Å². The summed E-state index contributed by atoms with van der Waals surface area (Å²) in [5, 5.41) is 9.51. The van der Waals surface area contributed by atoms with Crippen molar-refractivity contribution in [3.63, 3.8) is 0 Å². The molecule has 1 aromatic carbocycles. The van der Waals surface area contributed by atoms with Crippen molar-refractivity contribution in [1.82, 2.24) is 4.90 Å². The quantitative estimate of drug-likeness (QED) is 0.723. The molecule has 30 heavy (non-hydrogen) atoms. The van der Waals surface area contributed by atoms with Crippen molar-refractivity contribution in [2.24, 2.45) is 0 Å². The Balaban J connectivity index is 0.00000155. The number of hydrogen-bond acceptors (Lipinski definition) is 4. The lowest BCUT2D eigenvalue weighted by atomic mass is 9.97. The predicted octanol–water partition coefficient (Wildman–Crippen LogP) is 5.29. The molecule has 2 unspecified atom stereocenters. The first kappa shape index (κ1) is 23.5. The van der Waals surface area contributed by atoms with Crippen LogP contribution in [-0.4, -0.2) is 46.4 Å². The van der Waals surface area contributed by atoms with Gasteiger partial charge >= 0.3 is 12.1 Å². The Morgan fingerprint density at radius 2 is 1.93 bits per heavy atom. The summed E-state index contributed by atoms with van der Waals surface area (Å²) in [6, 6.07) is 6.85. The number of aliphatic carboxylic acids is 1. The third-order valence-corrected chi connectivity index (χ3v) is 4.70. The maximum atomic E-state index is 12.4. The number of amides is 1. The van der Waals surface area contributed by atoms with E-state index in [2.05, 4.69) is 18.2 Å². The largest absolute Gasteiger partial charge is 0.488 e. The van der Waals surface area contributed by atoms with Crippen LogP contribution in [-0.2, 0) is 9.53 Å². The molecule has 1 N–H and O–H groups in total. The molecule has 0 spiro atoms. The van der Waals surface area contributed by atoms with Crippen molar-refractivity contribution in [1.29, 1.82) is 0 Å². The number of likely N-dealkylation sites (tertiary alicyclic amines) is 1. The predicted molar refractivity (Wildman–Crippen MR) is 118 cm³/mol. The van der Waals surface area contributed by atoms with Gasteiger partial charge in [0, 0.05) is 6.42 Å². The summed E-state index contributed by atoms with van der Waals surface area (Å²) in [5.74, 6) is -0.377. The average molecular weight is 416 g/mol. The molecule has 1 aliphatic heterocycles. The molecule has 1 heterocycles. The monoisotopic (exact) mass is 415 g/mol. The van der Waals surface area contributed by atoms with Crippen molar-refractivity contribution in [3.05, 3.63) is 48.1 Å². The number of carbonyl (C=O) groups is 2. The molecule has 0 bridgehead atoms. The molecule has 6 heteroatoms. The van der Waals surface area contributed by atoms with Crippen LogP contribution < -0.4 is 4.74 Å². The highest BCUT2D eigenvalue weighted by Crippen LogP contribution is 2.29. The number of carboxylic acids is 1. The fraction of sp³-hybridized carbons (Fsp3) is 0.500. The maximum Gasteiger partial charge on any atom is 0.411 e. The molecule has 0 radical (unpaired) electrons. The number of rotatable bonds is 4. The lowest BCUT2D eigenvalue weighted by Crippen LogP contribution is -2.43. The molecule has 0 saturated carbocycles. The number of hydrogen-bond donors (Lipinski definition) is 1. The standard InChI is InChI=1S/C22H27NO5.C2H6/c1-22(2,3)28-21(26)23-14-18(13-19(23)20(24)25)27-17-11-7-10-16(12-17)15-8-5-4-6-9-15;1-2/h4-5,7-8,10-12,18-19H,6,9,13-14H2,1-3H3,(H,24,25);1-2H3. The Morgan fingerprint density at radius 1 is 1.20 bits per heavy atom. The second kappa shape index (κ2) is 10.3. The number of benzene rings is 1. The summed E-state index contributed by atoms with van der Waals surface area (Å²) < 4.78 is 11.4. The van der Waals surface area contributed by atoms with Crippen LogP contribution in [0.3, 0.4) is 0 Å². The molecule has 1 amide bonds. The summed E-state index contributed by atoms with van der Waals surface area (Å²) in [5.41, 5.74) is 1.66. The highest BCUT2D eigenvalue weighted by molar-refractivity contribution is 5.81. The van der Waals surface area contributed by atoms with Crippen LogP contribution >= 0.6 is 0 Å². The van der Waals surface area contributed by atoms with E-state index in [1.165, 1.54) is 10.5 Å². The van der Waals surface area contributed by atoms with Crippen LogP contribution in [0.15, 0.2) is 42.5 Å². The van der Waals surface area contributed by atoms with Gasteiger partial charge in [-0.05, 0) is 56.9 Å². The van der Waals surface area contributed by atoms with E-state index in [1.54, 1.807) is 20.8 Å². The van der Waals surface area contributed by atoms with Gasteiger partial charge in [-0.1, -0.05) is 44.2 Å². The minimum atomic E-state index is -1.05. The number of nitrogens with zero attached hydrogens (tertiary/aromatic N) is 1. The minimum Gasteiger partial charge on any atom is -0.488 e. The highest BCUT2D eigenvalue weighted by atomic mass is 16.6. The average Bonchev–Trinajstić information content (AvgIpc) is 3.14. The highest BCUT2D eigenvalue weighted by Gasteiger charge is 2.42. The first-order chi connectivity index (χ1) is 14.2. The normalized spacial score (nSPS) is 20.7. The van der Waals surface area contributed by atoms with E-state index in [0.29, 0.717) is 5.75 Å². The lowest BCUT2D eigenvalue weighted by Gasteiger charge is -2.26. The van der Waals surface area contributed by atoms with Crippen LogP contribution in [0.2, 0.25) is 0 Å². The fourth-order valence-electron chi connectivity index (χ4n) is 3.44. The Bertz CT molecular complexity index is 806. The van der Waals surface area contributed by atoms with E-state index in [1.807, 2.05) is 38.1 Å². The van der Waals surface area contributed by atoms with Gasteiger partial charge in [0.05, 0.1) is 6.54 Å². The van der Waals surface area contributed by atoms with Gasteiger partial charge in [0.25, 0.3) is 0 Å². The van der Waals surface area contributed by atoms with E-state index in [9.17, 15) is 14.7 Å². The third kappa shape index (κ3) is 6.37. The Morgan fingerprint density at radius 3 is 2.53 bits per heavy atom. The Kier molecular flexibility index (Phi) is 8.09. The number of carboxylic acid groups (broad SMARTS) is 1. The summed E-state index contributed by atoms with van der Waals surface area (Å²) in [4.78, 5) is 25.3. The summed E-state index contributed by atoms with van der Waals surface area (Å²) in [7, 11) is 0. The minimum absolute atomic E-state index is 0.182. The first-order valence-electron chi connectivity index (χ1n) is 10.6. The van der Waals surface area contributed by atoms with E-state index in [0.717, 1.165) is 18.4 Å². The van der Waals surface area contributed by atoms with Gasteiger partial charge in [0.2, 0.25) is 0 Å². The van der Waals surface area contributed by atoms with Gasteiger partial charge in [-0.3, -0.25) is 4.90 Å². The number of allylic oxidation sites excluding steroid dienone is 4. The fourth-order valence-corrected chi connectivity index (χ4v) is 3.44. The van der Waals surface area contributed by atoms with Crippen molar-refractivity contribution < 1.29 is 24.2 Å². The zero-order valence-electron chi connectivity index (χ0n) is 18.6. The number of ether oxygens (including phenoxy) is 2. The molecule has 3 rings (SSSR count). The Labute approximate surface area is 179 Å². The SMILES string of the molecule is CC.CC(C)(C)OC(=O)N1CC(Oc2cccc(C3=CC=CCC3)c2)CC1C(=O)O. The molecular weight excluding hydrogens is 382 g/mol. The third-order valence-electron chi connectivity index (χ3n) is 4.70. The van der Waals surface area contributed by atoms with Crippen molar-refractivity contribution >= 4 is 17.6 Å². The number of carbonyl (C=O) groups excluding carboxylic acids is 1. The van der Waals surface area contributed by atoms with Crippen molar-refractivity contribution in [2.75, 3.05) is 6.54 Å². The molecule has 6 nitrogen and oxygen atoms in total. The second-order valence-electron chi connectivity index (χ2n) is 8.15. The van der Waals surface area contributed by atoms with Crippen LogP contribution in [0, 0.1) is 0 Å². The summed E-state index contributed by atoms with van der Waals surface area (Å²) >= 11 is 0. The Hall–Kier alpha value is -2.76. The van der Waals surface area contributed by atoms with Gasteiger partial charge in [0.15, 0.2) is 0 Å². The van der Waals surface area contributed by atoms with E-state index < -0.39 is 29.8 Å².